The minimum Gasteiger partial charge on any atom is -0.463 e. The third-order valence-corrected chi connectivity index (χ3v) is 3.49. The summed E-state index contributed by atoms with van der Waals surface area (Å²) in [5.74, 6) is -0.323. The van der Waals surface area contributed by atoms with Crippen LogP contribution in [0.4, 0.5) is 0 Å². The van der Waals surface area contributed by atoms with Gasteiger partial charge in [-0.15, -0.1) is 0 Å². The normalized spacial score (nSPS) is 10.6. The number of hydrogen-bond acceptors (Lipinski definition) is 5. The van der Waals surface area contributed by atoms with Crippen LogP contribution < -0.4 is 10.9 Å². The molecule has 2 amide bonds. The van der Waals surface area contributed by atoms with Crippen molar-refractivity contribution < 1.29 is 18.7 Å². The second kappa shape index (κ2) is 7.59. The minimum absolute atomic E-state index is 0.120. The number of furan rings is 1. The molecule has 0 saturated carbocycles. The second-order valence-electron chi connectivity index (χ2n) is 5.19. The molecule has 3 rings (SSSR count). The highest BCUT2D eigenvalue weighted by atomic mass is 16.5. The van der Waals surface area contributed by atoms with Crippen LogP contribution in [-0.4, -0.2) is 30.0 Å². The summed E-state index contributed by atoms with van der Waals surface area (Å²) in [4.78, 5) is 28.6. The van der Waals surface area contributed by atoms with E-state index >= 15 is 0 Å². The van der Waals surface area contributed by atoms with Crippen molar-refractivity contribution in [3.63, 3.8) is 0 Å². The Balaban J connectivity index is 1.89. The predicted octanol–water partition coefficient (Wildman–Crippen LogP) is 2.29. The van der Waals surface area contributed by atoms with Crippen LogP contribution in [0.25, 0.3) is 22.4 Å². The number of benzene rings is 1. The zero-order valence-electron chi connectivity index (χ0n) is 13.6. The van der Waals surface area contributed by atoms with E-state index in [-0.39, 0.29) is 6.61 Å². The van der Waals surface area contributed by atoms with Crippen LogP contribution in [0.15, 0.2) is 53.1 Å². The van der Waals surface area contributed by atoms with Crippen LogP contribution in [0.5, 0.6) is 0 Å². The number of pyridine rings is 1. The van der Waals surface area contributed by atoms with Gasteiger partial charge in [0.2, 0.25) is 0 Å². The number of aromatic nitrogens is 1. The van der Waals surface area contributed by atoms with Gasteiger partial charge >= 0.3 is 0 Å². The van der Waals surface area contributed by atoms with Crippen molar-refractivity contribution in [2.24, 2.45) is 0 Å². The van der Waals surface area contributed by atoms with Gasteiger partial charge in [-0.3, -0.25) is 20.4 Å². The van der Waals surface area contributed by atoms with E-state index in [4.69, 9.17) is 9.15 Å². The fourth-order valence-corrected chi connectivity index (χ4v) is 2.34. The Morgan fingerprint density at radius 2 is 2.00 bits per heavy atom. The van der Waals surface area contributed by atoms with Gasteiger partial charge in [-0.2, -0.15) is 0 Å². The molecule has 128 valence electrons. The summed E-state index contributed by atoms with van der Waals surface area (Å²) in [6, 6.07) is 12.4. The summed E-state index contributed by atoms with van der Waals surface area (Å²) in [5.41, 5.74) is 6.30. The Kier molecular flexibility index (Phi) is 5.06. The number of nitrogens with one attached hydrogen (secondary N) is 2. The third-order valence-electron chi connectivity index (χ3n) is 3.49. The lowest BCUT2D eigenvalue weighted by Crippen LogP contribution is -2.43. The number of rotatable bonds is 5. The molecule has 2 heterocycles. The molecule has 0 aliphatic rings. The van der Waals surface area contributed by atoms with Gasteiger partial charge in [0, 0.05) is 12.0 Å². The van der Waals surface area contributed by atoms with E-state index in [1.165, 1.54) is 0 Å². The lowest BCUT2D eigenvalue weighted by molar-refractivity contribution is -0.126. The molecule has 0 bridgehead atoms. The Labute approximate surface area is 144 Å². The molecule has 25 heavy (non-hydrogen) atoms. The van der Waals surface area contributed by atoms with Gasteiger partial charge < -0.3 is 9.15 Å². The standard InChI is InChI=1S/C18H17N3O4/c1-2-24-11-17(22)20-21-18(23)13-10-15(16-8-5-9-25-16)19-14-7-4-3-6-12(13)14/h3-10H,2,11H2,1H3,(H,20,22)(H,21,23). The maximum atomic E-state index is 12.5. The number of carbonyl (C=O) groups is 2. The van der Waals surface area contributed by atoms with Crippen LogP contribution in [0.3, 0.4) is 0 Å². The van der Waals surface area contributed by atoms with Crippen LogP contribution in [0.2, 0.25) is 0 Å². The van der Waals surface area contributed by atoms with Crippen molar-refractivity contribution in [3.05, 3.63) is 54.3 Å². The average Bonchev–Trinajstić information content (AvgIpc) is 3.18. The number of carbonyl (C=O) groups excluding carboxylic acids is 2. The first-order chi connectivity index (χ1) is 12.2. The summed E-state index contributed by atoms with van der Waals surface area (Å²) in [5, 5.41) is 0.675. The number of nitrogens with zero attached hydrogens (tertiary/aromatic N) is 1. The van der Waals surface area contributed by atoms with Crippen LogP contribution >= 0.6 is 0 Å². The SMILES string of the molecule is CCOCC(=O)NNC(=O)c1cc(-c2ccco2)nc2ccccc12. The van der Waals surface area contributed by atoms with E-state index in [1.807, 2.05) is 18.2 Å². The molecule has 0 unspecified atom stereocenters. The van der Waals surface area contributed by atoms with Gasteiger partial charge in [-0.25, -0.2) is 4.98 Å². The number of para-hydroxylation sites is 1. The number of hydrogen-bond donors (Lipinski definition) is 2. The maximum Gasteiger partial charge on any atom is 0.270 e. The molecule has 1 aromatic carbocycles. The van der Waals surface area contributed by atoms with E-state index in [0.29, 0.717) is 34.5 Å². The molecule has 7 nitrogen and oxygen atoms in total. The van der Waals surface area contributed by atoms with Crippen molar-refractivity contribution >= 4 is 22.7 Å². The van der Waals surface area contributed by atoms with Gasteiger partial charge in [0.05, 0.1) is 17.3 Å². The van der Waals surface area contributed by atoms with Gasteiger partial charge in [0.15, 0.2) is 5.76 Å². The average molecular weight is 339 g/mol. The molecular weight excluding hydrogens is 322 g/mol. The highest BCUT2D eigenvalue weighted by Gasteiger charge is 2.15. The lowest BCUT2D eigenvalue weighted by atomic mass is 10.1. The van der Waals surface area contributed by atoms with Gasteiger partial charge in [0.1, 0.15) is 12.3 Å². The highest BCUT2D eigenvalue weighted by molar-refractivity contribution is 6.07. The molecule has 0 fully saturated rings. The van der Waals surface area contributed by atoms with E-state index < -0.39 is 11.8 Å². The Hall–Kier alpha value is -3.19. The zero-order valence-corrected chi connectivity index (χ0v) is 13.6. The lowest BCUT2D eigenvalue weighted by Gasteiger charge is -2.10. The molecule has 0 atom stereocenters. The highest BCUT2D eigenvalue weighted by Crippen LogP contribution is 2.25. The summed E-state index contributed by atoms with van der Waals surface area (Å²) in [7, 11) is 0. The molecule has 3 aromatic rings. The quantitative estimate of drug-likeness (QED) is 0.696. The first-order valence-electron chi connectivity index (χ1n) is 7.79. The van der Waals surface area contributed by atoms with Gasteiger partial charge in [-0.05, 0) is 31.2 Å². The Morgan fingerprint density at radius 1 is 1.16 bits per heavy atom. The largest absolute Gasteiger partial charge is 0.463 e. The fourth-order valence-electron chi connectivity index (χ4n) is 2.34. The molecule has 0 radical (unpaired) electrons. The van der Waals surface area contributed by atoms with Gasteiger partial charge in [-0.1, -0.05) is 18.2 Å². The fraction of sp³-hybridized carbons (Fsp3) is 0.167. The van der Waals surface area contributed by atoms with Crippen LogP contribution in [0, 0.1) is 0 Å². The third kappa shape index (κ3) is 3.84. The Morgan fingerprint density at radius 3 is 2.76 bits per heavy atom. The summed E-state index contributed by atoms with van der Waals surface area (Å²) in [6.45, 7) is 2.08. The number of fused-ring (bicyclic) bond motifs is 1. The van der Waals surface area contributed by atoms with Crippen molar-refractivity contribution in [1.29, 1.82) is 0 Å². The first-order valence-corrected chi connectivity index (χ1v) is 7.79. The topological polar surface area (TPSA) is 93.5 Å². The second-order valence-corrected chi connectivity index (χ2v) is 5.19. The molecule has 2 N–H and O–H groups in total. The van der Waals surface area contributed by atoms with Gasteiger partial charge in [0.25, 0.3) is 11.8 Å². The van der Waals surface area contributed by atoms with Crippen molar-refractivity contribution in [3.8, 4) is 11.5 Å². The summed E-state index contributed by atoms with van der Waals surface area (Å²) < 4.78 is 10.4. The molecule has 2 aromatic heterocycles. The molecule has 7 heteroatoms. The molecule has 0 saturated heterocycles. The monoisotopic (exact) mass is 339 g/mol. The van der Waals surface area contributed by atoms with Crippen molar-refractivity contribution in [2.45, 2.75) is 6.92 Å². The number of ether oxygens (including phenoxy) is 1. The van der Waals surface area contributed by atoms with E-state index in [1.54, 1.807) is 37.5 Å². The summed E-state index contributed by atoms with van der Waals surface area (Å²) in [6.07, 6.45) is 1.54. The number of hydrazine groups is 1. The predicted molar refractivity (Wildman–Crippen MR) is 91.5 cm³/mol. The van der Waals surface area contributed by atoms with E-state index in [9.17, 15) is 9.59 Å². The van der Waals surface area contributed by atoms with Crippen LogP contribution in [-0.2, 0) is 9.53 Å². The smallest absolute Gasteiger partial charge is 0.270 e. The number of amides is 2. The summed E-state index contributed by atoms with van der Waals surface area (Å²) >= 11 is 0. The van der Waals surface area contributed by atoms with E-state index in [0.717, 1.165) is 0 Å². The molecular formula is C18H17N3O4. The molecule has 0 spiro atoms. The molecule has 0 aliphatic heterocycles. The minimum atomic E-state index is -0.448. The van der Waals surface area contributed by atoms with Crippen LogP contribution in [0.1, 0.15) is 17.3 Å². The van der Waals surface area contributed by atoms with E-state index in [2.05, 4.69) is 15.8 Å². The Bertz CT molecular complexity index is 890. The maximum absolute atomic E-state index is 12.5. The van der Waals surface area contributed by atoms with Crippen molar-refractivity contribution in [1.82, 2.24) is 15.8 Å². The first kappa shape index (κ1) is 16.7. The molecule has 0 aliphatic carbocycles. The zero-order chi connectivity index (χ0) is 17.6. The van der Waals surface area contributed by atoms with Crippen molar-refractivity contribution in [2.75, 3.05) is 13.2 Å².